The molecule has 2 aromatic rings. The molecule has 0 unspecified atom stereocenters. The molecule has 0 bridgehead atoms. The maximum absolute atomic E-state index is 9.55. The van der Waals surface area contributed by atoms with Crippen LogP contribution in [0.25, 0.3) is 5.57 Å². The van der Waals surface area contributed by atoms with Gasteiger partial charge in [-0.15, -0.1) is 0 Å². The molecule has 1 aliphatic rings. The fourth-order valence-electron chi connectivity index (χ4n) is 2.56. The van der Waals surface area contributed by atoms with Crippen molar-refractivity contribution >= 4 is 5.57 Å². The molecular formula is C16H14O. The smallest absolute Gasteiger partial charge is 0.0876 e. The van der Waals surface area contributed by atoms with Gasteiger partial charge in [-0.2, -0.15) is 0 Å². The molecule has 3 rings (SSSR count). The Kier molecular flexibility index (Phi) is 2.45. The van der Waals surface area contributed by atoms with E-state index in [2.05, 4.69) is 36.4 Å². The molecule has 0 saturated heterocycles. The molecule has 0 aromatic heterocycles. The lowest BCUT2D eigenvalue weighted by Crippen LogP contribution is -1.91. The SMILES string of the molecule is OC=C1c2ccccc2CCc2ccccc21. The highest BCUT2D eigenvalue weighted by atomic mass is 16.2. The third kappa shape index (κ3) is 1.64. The van der Waals surface area contributed by atoms with E-state index in [0.717, 1.165) is 29.5 Å². The van der Waals surface area contributed by atoms with Gasteiger partial charge in [0.2, 0.25) is 0 Å². The molecule has 0 heterocycles. The Bertz CT molecular complexity index is 532. The predicted octanol–water partition coefficient (Wildman–Crippen LogP) is 3.73. The Morgan fingerprint density at radius 3 is 1.71 bits per heavy atom. The fraction of sp³-hybridized carbons (Fsp3) is 0.125. The minimum atomic E-state index is 0.939. The van der Waals surface area contributed by atoms with Crippen LogP contribution in [0.1, 0.15) is 22.3 Å². The molecule has 0 atom stereocenters. The standard InChI is InChI=1S/C16H14O/c17-11-16-14-7-3-1-5-12(14)9-10-13-6-2-4-8-15(13)16/h1-8,11,17H,9-10H2. The van der Waals surface area contributed by atoms with Gasteiger partial charge >= 0.3 is 0 Å². The quantitative estimate of drug-likeness (QED) is 0.673. The molecule has 0 spiro atoms. The second kappa shape index (κ2) is 4.10. The summed E-state index contributed by atoms with van der Waals surface area (Å²) in [7, 11) is 0. The van der Waals surface area contributed by atoms with Gasteiger partial charge < -0.3 is 5.11 Å². The summed E-state index contributed by atoms with van der Waals surface area (Å²) in [5.74, 6) is 0. The number of hydrogen-bond acceptors (Lipinski definition) is 1. The first-order valence-corrected chi connectivity index (χ1v) is 5.91. The van der Waals surface area contributed by atoms with Crippen LogP contribution >= 0.6 is 0 Å². The van der Waals surface area contributed by atoms with Crippen LogP contribution in [0.5, 0.6) is 0 Å². The van der Waals surface area contributed by atoms with Crippen molar-refractivity contribution in [2.45, 2.75) is 12.8 Å². The highest BCUT2D eigenvalue weighted by Gasteiger charge is 2.16. The Morgan fingerprint density at radius 2 is 1.24 bits per heavy atom. The number of fused-ring (bicyclic) bond motifs is 2. The lowest BCUT2D eigenvalue weighted by atomic mass is 9.95. The maximum atomic E-state index is 9.55. The number of aliphatic hydroxyl groups excluding tert-OH is 1. The molecule has 0 aliphatic heterocycles. The Hall–Kier alpha value is -2.02. The summed E-state index contributed by atoms with van der Waals surface area (Å²) in [5.41, 5.74) is 5.86. The van der Waals surface area contributed by atoms with Crippen LogP contribution in [0.15, 0.2) is 54.8 Å². The van der Waals surface area contributed by atoms with Gasteiger partial charge in [0.25, 0.3) is 0 Å². The van der Waals surface area contributed by atoms with E-state index in [9.17, 15) is 5.11 Å². The molecule has 1 N–H and O–H groups in total. The number of aliphatic hydroxyl groups is 1. The van der Waals surface area contributed by atoms with Crippen LogP contribution in [0.2, 0.25) is 0 Å². The second-order valence-electron chi connectivity index (χ2n) is 4.36. The minimum absolute atomic E-state index is 0.939. The fourth-order valence-corrected chi connectivity index (χ4v) is 2.56. The Labute approximate surface area is 101 Å². The van der Waals surface area contributed by atoms with Crippen molar-refractivity contribution in [1.82, 2.24) is 0 Å². The number of benzene rings is 2. The first-order valence-electron chi connectivity index (χ1n) is 5.91. The monoisotopic (exact) mass is 222 g/mol. The Morgan fingerprint density at radius 1 is 0.765 bits per heavy atom. The van der Waals surface area contributed by atoms with Crippen LogP contribution in [0.3, 0.4) is 0 Å². The molecule has 0 amide bonds. The van der Waals surface area contributed by atoms with Crippen molar-refractivity contribution in [3.05, 3.63) is 77.0 Å². The van der Waals surface area contributed by atoms with Crippen LogP contribution < -0.4 is 0 Å². The maximum Gasteiger partial charge on any atom is 0.0876 e. The predicted molar refractivity (Wildman–Crippen MR) is 70.0 cm³/mol. The summed E-state index contributed by atoms with van der Waals surface area (Å²) in [6.45, 7) is 0. The third-order valence-electron chi connectivity index (χ3n) is 3.41. The third-order valence-corrected chi connectivity index (χ3v) is 3.41. The highest BCUT2D eigenvalue weighted by molar-refractivity contribution is 5.83. The summed E-state index contributed by atoms with van der Waals surface area (Å²) < 4.78 is 0. The Balaban J connectivity index is 2.27. The molecule has 0 saturated carbocycles. The summed E-state index contributed by atoms with van der Waals surface area (Å²) in [4.78, 5) is 0. The molecule has 0 radical (unpaired) electrons. The lowest BCUT2D eigenvalue weighted by Gasteiger charge is -2.09. The summed E-state index contributed by atoms with van der Waals surface area (Å²) in [5, 5.41) is 9.55. The van der Waals surface area contributed by atoms with Gasteiger partial charge in [0, 0.05) is 5.57 Å². The number of hydrogen-bond donors (Lipinski definition) is 1. The largest absolute Gasteiger partial charge is 0.515 e. The van der Waals surface area contributed by atoms with Crippen molar-refractivity contribution < 1.29 is 5.11 Å². The number of aryl methyl sites for hydroxylation is 2. The lowest BCUT2D eigenvalue weighted by molar-refractivity contribution is 0.476. The number of rotatable bonds is 0. The topological polar surface area (TPSA) is 20.2 Å². The van der Waals surface area contributed by atoms with Gasteiger partial charge in [-0.25, -0.2) is 0 Å². The minimum Gasteiger partial charge on any atom is -0.515 e. The van der Waals surface area contributed by atoms with Crippen LogP contribution in [0.4, 0.5) is 0 Å². The molecular weight excluding hydrogens is 208 g/mol. The first-order chi connectivity index (χ1) is 8.40. The van der Waals surface area contributed by atoms with Crippen molar-refractivity contribution in [3.8, 4) is 0 Å². The van der Waals surface area contributed by atoms with Crippen LogP contribution in [0, 0.1) is 0 Å². The van der Waals surface area contributed by atoms with E-state index in [0.29, 0.717) is 0 Å². The average molecular weight is 222 g/mol. The summed E-state index contributed by atoms with van der Waals surface area (Å²) >= 11 is 0. The first kappa shape index (κ1) is 10.2. The zero-order chi connectivity index (χ0) is 11.7. The highest BCUT2D eigenvalue weighted by Crippen LogP contribution is 2.32. The van der Waals surface area contributed by atoms with Gasteiger partial charge in [0.15, 0.2) is 0 Å². The molecule has 1 aliphatic carbocycles. The molecule has 1 nitrogen and oxygen atoms in total. The average Bonchev–Trinajstić information content (AvgIpc) is 2.55. The van der Waals surface area contributed by atoms with Gasteiger partial charge in [0.05, 0.1) is 6.26 Å². The molecule has 1 heteroatoms. The molecule has 2 aromatic carbocycles. The van der Waals surface area contributed by atoms with Gasteiger partial charge in [-0.05, 0) is 35.1 Å². The van der Waals surface area contributed by atoms with E-state index in [1.54, 1.807) is 0 Å². The van der Waals surface area contributed by atoms with Gasteiger partial charge in [-0.3, -0.25) is 0 Å². The van der Waals surface area contributed by atoms with Gasteiger partial charge in [-0.1, -0.05) is 48.5 Å². The summed E-state index contributed by atoms with van der Waals surface area (Å²) in [6.07, 6.45) is 3.30. The van der Waals surface area contributed by atoms with Crippen molar-refractivity contribution in [2.75, 3.05) is 0 Å². The zero-order valence-electron chi connectivity index (χ0n) is 9.56. The molecule has 84 valence electrons. The van der Waals surface area contributed by atoms with E-state index >= 15 is 0 Å². The van der Waals surface area contributed by atoms with Gasteiger partial charge in [0.1, 0.15) is 0 Å². The van der Waals surface area contributed by atoms with Crippen LogP contribution in [-0.2, 0) is 12.8 Å². The van der Waals surface area contributed by atoms with E-state index in [1.165, 1.54) is 17.4 Å². The van der Waals surface area contributed by atoms with Crippen molar-refractivity contribution in [1.29, 1.82) is 0 Å². The second-order valence-corrected chi connectivity index (χ2v) is 4.36. The van der Waals surface area contributed by atoms with E-state index in [-0.39, 0.29) is 0 Å². The van der Waals surface area contributed by atoms with E-state index in [4.69, 9.17) is 0 Å². The molecule has 17 heavy (non-hydrogen) atoms. The summed E-state index contributed by atoms with van der Waals surface area (Å²) in [6, 6.07) is 16.6. The van der Waals surface area contributed by atoms with E-state index in [1.807, 2.05) is 12.1 Å². The van der Waals surface area contributed by atoms with Crippen LogP contribution in [-0.4, -0.2) is 5.11 Å². The zero-order valence-corrected chi connectivity index (χ0v) is 9.56. The van der Waals surface area contributed by atoms with E-state index < -0.39 is 0 Å². The van der Waals surface area contributed by atoms with Crippen molar-refractivity contribution in [3.63, 3.8) is 0 Å². The molecule has 0 fully saturated rings. The van der Waals surface area contributed by atoms with Crippen molar-refractivity contribution in [2.24, 2.45) is 0 Å². The normalized spacial score (nSPS) is 13.5.